The van der Waals surface area contributed by atoms with Crippen molar-refractivity contribution >= 4 is 11.6 Å². The average Bonchev–Trinajstić information content (AvgIpc) is 2.88. The summed E-state index contributed by atoms with van der Waals surface area (Å²) in [4.78, 5) is 3.91. The first kappa shape index (κ1) is 8.97. The van der Waals surface area contributed by atoms with E-state index in [-0.39, 0.29) is 0 Å². The largest absolute Gasteiger partial charge is 0.376 e. The summed E-state index contributed by atoms with van der Waals surface area (Å²) in [7, 11) is 0. The second-order valence-electron chi connectivity index (χ2n) is 3.45. The molecule has 1 aromatic heterocycles. The number of halogens is 1. The van der Waals surface area contributed by atoms with Gasteiger partial charge >= 0.3 is 0 Å². The maximum Gasteiger partial charge on any atom is 0.129 e. The van der Waals surface area contributed by atoms with Crippen molar-refractivity contribution < 1.29 is 4.74 Å². The molecule has 2 rings (SSSR count). The lowest BCUT2D eigenvalue weighted by Crippen LogP contribution is -1.96. The molecule has 1 fully saturated rings. The van der Waals surface area contributed by atoms with E-state index in [1.807, 2.05) is 12.1 Å². The van der Waals surface area contributed by atoms with Crippen molar-refractivity contribution in [1.29, 1.82) is 0 Å². The van der Waals surface area contributed by atoms with Crippen LogP contribution >= 0.6 is 11.6 Å². The third-order valence-electron chi connectivity index (χ3n) is 2.11. The fourth-order valence-electron chi connectivity index (χ4n) is 1.16. The predicted octanol–water partition coefficient (Wildman–Crippen LogP) is 2.66. The minimum Gasteiger partial charge on any atom is -0.376 e. The fourth-order valence-corrected chi connectivity index (χ4v) is 1.36. The van der Waals surface area contributed by atoms with E-state index in [0.29, 0.717) is 11.8 Å². The fraction of sp³-hybridized carbons (Fsp3) is 0.500. The monoisotopic (exact) mass is 197 g/mol. The highest BCUT2D eigenvalue weighted by molar-refractivity contribution is 6.29. The van der Waals surface area contributed by atoms with E-state index in [1.54, 1.807) is 6.20 Å². The van der Waals surface area contributed by atoms with E-state index in [9.17, 15) is 0 Å². The number of hydrogen-bond donors (Lipinski definition) is 0. The summed E-state index contributed by atoms with van der Waals surface area (Å²) < 4.78 is 5.51. The lowest BCUT2D eigenvalue weighted by molar-refractivity contribution is 0.111. The number of rotatable bonds is 4. The predicted molar refractivity (Wildman–Crippen MR) is 51.6 cm³/mol. The summed E-state index contributed by atoms with van der Waals surface area (Å²) in [5.41, 5.74) is 1.10. The molecule has 0 aliphatic heterocycles. The standard InChI is InChI=1S/C10H12ClNO/c11-10-5-9(3-4-12-10)7-13-6-8-1-2-8/h3-5,8H,1-2,6-7H2. The first-order valence-electron chi connectivity index (χ1n) is 4.53. The summed E-state index contributed by atoms with van der Waals surface area (Å²) in [6, 6.07) is 3.77. The maximum absolute atomic E-state index is 5.73. The Labute approximate surface area is 82.9 Å². The van der Waals surface area contributed by atoms with E-state index in [4.69, 9.17) is 16.3 Å². The van der Waals surface area contributed by atoms with Crippen molar-refractivity contribution in [2.45, 2.75) is 19.4 Å². The molecule has 70 valence electrons. The molecule has 0 spiro atoms. The second kappa shape index (κ2) is 4.07. The molecule has 0 amide bonds. The zero-order valence-corrected chi connectivity index (χ0v) is 8.13. The third-order valence-corrected chi connectivity index (χ3v) is 2.32. The molecule has 0 atom stereocenters. The first-order chi connectivity index (χ1) is 6.34. The van der Waals surface area contributed by atoms with Gasteiger partial charge in [0.1, 0.15) is 5.15 Å². The Bertz CT molecular complexity index is 286. The van der Waals surface area contributed by atoms with E-state index in [1.165, 1.54) is 12.8 Å². The summed E-state index contributed by atoms with van der Waals surface area (Å²) in [6.07, 6.45) is 4.37. The quantitative estimate of drug-likeness (QED) is 0.693. The maximum atomic E-state index is 5.73. The van der Waals surface area contributed by atoms with Gasteiger partial charge in [0.05, 0.1) is 6.61 Å². The van der Waals surface area contributed by atoms with Crippen molar-refractivity contribution in [3.63, 3.8) is 0 Å². The highest BCUT2D eigenvalue weighted by atomic mass is 35.5. The average molecular weight is 198 g/mol. The summed E-state index contributed by atoms with van der Waals surface area (Å²) in [5.74, 6) is 0.817. The van der Waals surface area contributed by atoms with Gasteiger partial charge in [-0.2, -0.15) is 0 Å². The van der Waals surface area contributed by atoms with Crippen LogP contribution in [0, 0.1) is 5.92 Å². The Hall–Kier alpha value is -0.600. The molecule has 1 heterocycles. The van der Waals surface area contributed by atoms with Gasteiger partial charge in [0.25, 0.3) is 0 Å². The molecular formula is C10H12ClNO. The summed E-state index contributed by atoms with van der Waals surface area (Å²) in [5, 5.41) is 0.535. The number of pyridine rings is 1. The van der Waals surface area contributed by atoms with Gasteiger partial charge in [0, 0.05) is 12.8 Å². The van der Waals surface area contributed by atoms with Crippen molar-refractivity contribution in [2.24, 2.45) is 5.92 Å². The molecule has 3 heteroatoms. The minimum absolute atomic E-state index is 0.535. The van der Waals surface area contributed by atoms with Crippen LogP contribution in [0.15, 0.2) is 18.3 Å². The van der Waals surface area contributed by atoms with Crippen LogP contribution in [0.2, 0.25) is 5.15 Å². The lowest BCUT2D eigenvalue weighted by atomic mass is 10.3. The third kappa shape index (κ3) is 2.98. The zero-order valence-electron chi connectivity index (χ0n) is 7.37. The van der Waals surface area contributed by atoms with Crippen molar-refractivity contribution in [2.75, 3.05) is 6.61 Å². The van der Waals surface area contributed by atoms with Crippen LogP contribution in [0.4, 0.5) is 0 Å². The van der Waals surface area contributed by atoms with E-state index in [0.717, 1.165) is 18.1 Å². The Balaban J connectivity index is 1.79. The highest BCUT2D eigenvalue weighted by Crippen LogP contribution is 2.29. The molecule has 1 aliphatic carbocycles. The number of nitrogens with zero attached hydrogens (tertiary/aromatic N) is 1. The van der Waals surface area contributed by atoms with E-state index >= 15 is 0 Å². The van der Waals surface area contributed by atoms with Crippen molar-refractivity contribution in [3.05, 3.63) is 29.0 Å². The molecule has 0 saturated heterocycles. The smallest absolute Gasteiger partial charge is 0.129 e. The first-order valence-corrected chi connectivity index (χ1v) is 4.90. The van der Waals surface area contributed by atoms with Crippen molar-refractivity contribution in [1.82, 2.24) is 4.98 Å². The molecule has 0 radical (unpaired) electrons. The Morgan fingerprint density at radius 1 is 1.54 bits per heavy atom. The number of hydrogen-bond acceptors (Lipinski definition) is 2. The molecule has 1 saturated carbocycles. The van der Waals surface area contributed by atoms with Crippen LogP contribution in [0.25, 0.3) is 0 Å². The van der Waals surface area contributed by atoms with Crippen LogP contribution in [0.1, 0.15) is 18.4 Å². The Morgan fingerprint density at radius 2 is 2.38 bits per heavy atom. The molecule has 2 nitrogen and oxygen atoms in total. The van der Waals surface area contributed by atoms with Crippen molar-refractivity contribution in [3.8, 4) is 0 Å². The van der Waals surface area contributed by atoms with Crippen LogP contribution in [-0.2, 0) is 11.3 Å². The van der Waals surface area contributed by atoms with Gasteiger partial charge < -0.3 is 4.74 Å². The molecular weight excluding hydrogens is 186 g/mol. The van der Waals surface area contributed by atoms with Crippen LogP contribution < -0.4 is 0 Å². The molecule has 1 aromatic rings. The SMILES string of the molecule is Clc1cc(COCC2CC2)ccn1. The van der Waals surface area contributed by atoms with Crippen LogP contribution in [-0.4, -0.2) is 11.6 Å². The van der Waals surface area contributed by atoms with Gasteiger partial charge in [-0.25, -0.2) is 4.98 Å². The van der Waals surface area contributed by atoms with Gasteiger partial charge in [0.15, 0.2) is 0 Å². The Morgan fingerprint density at radius 3 is 3.08 bits per heavy atom. The molecule has 0 bridgehead atoms. The van der Waals surface area contributed by atoms with Gasteiger partial charge in [-0.15, -0.1) is 0 Å². The lowest BCUT2D eigenvalue weighted by Gasteiger charge is -2.02. The summed E-state index contributed by atoms with van der Waals surface area (Å²) >= 11 is 5.73. The Kier molecular flexibility index (Phi) is 2.81. The van der Waals surface area contributed by atoms with Gasteiger partial charge in [0.2, 0.25) is 0 Å². The van der Waals surface area contributed by atoms with Gasteiger partial charge in [-0.1, -0.05) is 11.6 Å². The van der Waals surface area contributed by atoms with Crippen LogP contribution in [0.3, 0.4) is 0 Å². The van der Waals surface area contributed by atoms with E-state index in [2.05, 4.69) is 4.98 Å². The van der Waals surface area contributed by atoms with E-state index < -0.39 is 0 Å². The molecule has 13 heavy (non-hydrogen) atoms. The van der Waals surface area contributed by atoms with Gasteiger partial charge in [-0.3, -0.25) is 0 Å². The number of ether oxygens (including phenoxy) is 1. The second-order valence-corrected chi connectivity index (χ2v) is 3.83. The highest BCUT2D eigenvalue weighted by Gasteiger charge is 2.20. The van der Waals surface area contributed by atoms with Gasteiger partial charge in [-0.05, 0) is 36.5 Å². The molecule has 0 aromatic carbocycles. The minimum atomic E-state index is 0.535. The normalized spacial score (nSPS) is 16.1. The zero-order chi connectivity index (χ0) is 9.10. The topological polar surface area (TPSA) is 22.1 Å². The summed E-state index contributed by atoms with van der Waals surface area (Å²) in [6.45, 7) is 1.54. The molecule has 0 unspecified atom stereocenters. The molecule has 0 N–H and O–H groups in total. The molecule has 1 aliphatic rings. The van der Waals surface area contributed by atoms with Crippen LogP contribution in [0.5, 0.6) is 0 Å². The number of aromatic nitrogens is 1.